The van der Waals surface area contributed by atoms with Crippen LogP contribution in [0.3, 0.4) is 0 Å². The van der Waals surface area contributed by atoms with Crippen molar-refractivity contribution in [2.75, 3.05) is 0 Å². The van der Waals surface area contributed by atoms with E-state index in [1.54, 1.807) is 36.4 Å². The molecule has 0 spiro atoms. The van der Waals surface area contributed by atoms with E-state index in [1.807, 2.05) is 36.4 Å². The van der Waals surface area contributed by atoms with E-state index in [9.17, 15) is 9.59 Å². The number of halogens is 1. The molecular weight excluding hydrogens is 350 g/mol. The van der Waals surface area contributed by atoms with Crippen LogP contribution in [0.1, 0.15) is 12.5 Å². The van der Waals surface area contributed by atoms with E-state index in [-0.39, 0.29) is 11.6 Å². The van der Waals surface area contributed by atoms with E-state index >= 15 is 0 Å². The van der Waals surface area contributed by atoms with Crippen LogP contribution in [0.4, 0.5) is 0 Å². The number of hydrogen-bond donors (Lipinski definition) is 1. The van der Waals surface area contributed by atoms with Gasteiger partial charge in [0.25, 0.3) is 0 Å². The van der Waals surface area contributed by atoms with Gasteiger partial charge in [-0.25, -0.2) is 4.79 Å². The minimum Gasteiger partial charge on any atom is -0.421 e. The molecule has 0 aliphatic carbocycles. The molecule has 0 atom stereocenters. The summed E-state index contributed by atoms with van der Waals surface area (Å²) >= 11 is 5.88. The predicted molar refractivity (Wildman–Crippen MR) is 103 cm³/mol. The smallest absolute Gasteiger partial charge is 0.360 e. The lowest BCUT2D eigenvalue weighted by molar-refractivity contribution is -0.132. The van der Waals surface area contributed by atoms with Gasteiger partial charge in [0, 0.05) is 17.3 Å². The minimum absolute atomic E-state index is 0.0488. The number of amides is 1. The molecule has 26 heavy (non-hydrogen) atoms. The maximum atomic E-state index is 12.6. The quantitative estimate of drug-likeness (QED) is 0.418. The number of ether oxygens (including phenoxy) is 1. The van der Waals surface area contributed by atoms with Crippen molar-refractivity contribution >= 4 is 40.3 Å². The maximum absolute atomic E-state index is 12.6. The molecule has 1 N–H and O–H groups in total. The highest BCUT2D eigenvalue weighted by atomic mass is 35.5. The average Bonchev–Trinajstić information content (AvgIpc) is 2.63. The van der Waals surface area contributed by atoms with Crippen LogP contribution in [0.25, 0.3) is 16.8 Å². The molecule has 3 aromatic carbocycles. The molecule has 0 radical (unpaired) electrons. The predicted octanol–water partition coefficient (Wildman–Crippen LogP) is 4.58. The summed E-state index contributed by atoms with van der Waals surface area (Å²) in [5.74, 6) is -0.577. The SMILES string of the molecule is CC(=O)N/C(=C\c1ccc(Cl)cc1)C(=O)Oc1cccc2ccccc12. The summed E-state index contributed by atoms with van der Waals surface area (Å²) in [5, 5.41) is 4.89. The monoisotopic (exact) mass is 365 g/mol. The summed E-state index contributed by atoms with van der Waals surface area (Å²) < 4.78 is 5.54. The van der Waals surface area contributed by atoms with E-state index in [0.29, 0.717) is 16.3 Å². The first-order valence-corrected chi connectivity index (χ1v) is 8.35. The molecule has 0 heterocycles. The number of rotatable bonds is 4. The van der Waals surface area contributed by atoms with Crippen molar-refractivity contribution in [1.82, 2.24) is 5.32 Å². The second-order valence-electron chi connectivity index (χ2n) is 5.66. The van der Waals surface area contributed by atoms with Gasteiger partial charge in [-0.2, -0.15) is 0 Å². The van der Waals surface area contributed by atoms with Crippen molar-refractivity contribution in [3.05, 3.63) is 83.0 Å². The Morgan fingerprint density at radius 1 is 0.962 bits per heavy atom. The highest BCUT2D eigenvalue weighted by Crippen LogP contribution is 2.26. The Bertz CT molecular complexity index is 988. The number of benzene rings is 3. The van der Waals surface area contributed by atoms with Crippen molar-refractivity contribution in [1.29, 1.82) is 0 Å². The van der Waals surface area contributed by atoms with Gasteiger partial charge >= 0.3 is 5.97 Å². The molecule has 0 aromatic heterocycles. The fraction of sp³-hybridized carbons (Fsp3) is 0.0476. The first-order valence-electron chi connectivity index (χ1n) is 7.98. The van der Waals surface area contributed by atoms with E-state index in [0.717, 1.165) is 10.8 Å². The first kappa shape index (κ1) is 17.7. The maximum Gasteiger partial charge on any atom is 0.360 e. The Morgan fingerprint density at radius 3 is 2.38 bits per heavy atom. The van der Waals surface area contributed by atoms with Crippen LogP contribution in [0, 0.1) is 0 Å². The molecule has 1 amide bonds. The zero-order valence-electron chi connectivity index (χ0n) is 14.0. The highest BCUT2D eigenvalue weighted by Gasteiger charge is 2.15. The number of carbonyl (C=O) groups excluding carboxylic acids is 2. The van der Waals surface area contributed by atoms with E-state index < -0.39 is 5.97 Å². The summed E-state index contributed by atoms with van der Waals surface area (Å²) in [4.78, 5) is 24.1. The van der Waals surface area contributed by atoms with Crippen molar-refractivity contribution in [3.63, 3.8) is 0 Å². The number of esters is 1. The molecule has 0 saturated heterocycles. The van der Waals surface area contributed by atoms with E-state index in [1.165, 1.54) is 6.92 Å². The van der Waals surface area contributed by atoms with Gasteiger partial charge in [0.1, 0.15) is 11.4 Å². The van der Waals surface area contributed by atoms with Gasteiger partial charge in [0.15, 0.2) is 0 Å². The Kier molecular flexibility index (Phi) is 5.34. The van der Waals surface area contributed by atoms with Gasteiger partial charge in [0.05, 0.1) is 0 Å². The lowest BCUT2D eigenvalue weighted by Gasteiger charge is -2.11. The third-order valence-electron chi connectivity index (χ3n) is 3.66. The molecule has 0 saturated carbocycles. The molecule has 0 unspecified atom stereocenters. The first-order chi connectivity index (χ1) is 12.5. The summed E-state index contributed by atoms with van der Waals surface area (Å²) in [6.45, 7) is 1.33. The summed E-state index contributed by atoms with van der Waals surface area (Å²) in [6.07, 6.45) is 1.55. The number of hydrogen-bond acceptors (Lipinski definition) is 3. The molecule has 130 valence electrons. The lowest BCUT2D eigenvalue weighted by atomic mass is 10.1. The zero-order chi connectivity index (χ0) is 18.5. The molecule has 3 aromatic rings. The average molecular weight is 366 g/mol. The Hall–Kier alpha value is -3.11. The largest absolute Gasteiger partial charge is 0.421 e. The van der Waals surface area contributed by atoms with Crippen molar-refractivity contribution in [2.45, 2.75) is 6.92 Å². The van der Waals surface area contributed by atoms with Gasteiger partial charge in [-0.15, -0.1) is 0 Å². The summed E-state index contributed by atoms with van der Waals surface area (Å²) in [6, 6.07) is 20.0. The van der Waals surface area contributed by atoms with Crippen molar-refractivity contribution in [3.8, 4) is 5.75 Å². The van der Waals surface area contributed by atoms with Crippen LogP contribution in [-0.4, -0.2) is 11.9 Å². The second kappa shape index (κ2) is 7.85. The molecule has 0 aliphatic rings. The molecule has 0 bridgehead atoms. The Balaban J connectivity index is 1.92. The third-order valence-corrected chi connectivity index (χ3v) is 3.92. The molecule has 4 nitrogen and oxygen atoms in total. The minimum atomic E-state index is -0.647. The van der Waals surface area contributed by atoms with Crippen LogP contribution >= 0.6 is 11.6 Å². The highest BCUT2D eigenvalue weighted by molar-refractivity contribution is 6.30. The summed E-state index contributed by atoms with van der Waals surface area (Å²) in [7, 11) is 0. The van der Waals surface area contributed by atoms with Gasteiger partial charge in [-0.1, -0.05) is 60.1 Å². The van der Waals surface area contributed by atoms with Crippen LogP contribution < -0.4 is 10.1 Å². The standard InChI is InChI=1S/C21H16ClNO3/c1-14(24)23-19(13-15-9-11-17(22)12-10-15)21(25)26-20-8-4-6-16-5-2-3-7-18(16)20/h2-13H,1H3,(H,23,24)/b19-13-. The van der Waals surface area contributed by atoms with Crippen molar-refractivity contribution in [2.24, 2.45) is 0 Å². The van der Waals surface area contributed by atoms with Crippen molar-refractivity contribution < 1.29 is 14.3 Å². The van der Waals surface area contributed by atoms with Gasteiger partial charge in [-0.3, -0.25) is 4.79 Å². The van der Waals surface area contributed by atoms with Gasteiger partial charge in [-0.05, 0) is 35.2 Å². The van der Waals surface area contributed by atoms with E-state index in [4.69, 9.17) is 16.3 Å². The normalized spacial score (nSPS) is 11.2. The van der Waals surface area contributed by atoms with Crippen LogP contribution in [-0.2, 0) is 9.59 Å². The topological polar surface area (TPSA) is 55.4 Å². The number of carbonyl (C=O) groups is 2. The van der Waals surface area contributed by atoms with Crippen LogP contribution in [0.2, 0.25) is 5.02 Å². The lowest BCUT2D eigenvalue weighted by Crippen LogP contribution is -2.27. The second-order valence-corrected chi connectivity index (χ2v) is 6.09. The molecular formula is C21H16ClNO3. The molecule has 0 fully saturated rings. The molecule has 0 aliphatic heterocycles. The third kappa shape index (κ3) is 4.29. The number of nitrogens with one attached hydrogen (secondary N) is 1. The summed E-state index contributed by atoms with van der Waals surface area (Å²) in [5.41, 5.74) is 0.765. The number of fused-ring (bicyclic) bond motifs is 1. The molecule has 3 rings (SSSR count). The Morgan fingerprint density at radius 2 is 1.65 bits per heavy atom. The van der Waals surface area contributed by atoms with Gasteiger partial charge < -0.3 is 10.1 Å². The van der Waals surface area contributed by atoms with E-state index in [2.05, 4.69) is 5.32 Å². The van der Waals surface area contributed by atoms with Crippen LogP contribution in [0.15, 0.2) is 72.4 Å². The molecule has 5 heteroatoms. The fourth-order valence-corrected chi connectivity index (χ4v) is 2.63. The Labute approximate surface area is 156 Å². The fourth-order valence-electron chi connectivity index (χ4n) is 2.50. The zero-order valence-corrected chi connectivity index (χ0v) is 14.8. The van der Waals surface area contributed by atoms with Gasteiger partial charge in [0.2, 0.25) is 5.91 Å². The van der Waals surface area contributed by atoms with Crippen LogP contribution in [0.5, 0.6) is 5.75 Å².